The van der Waals surface area contributed by atoms with E-state index in [2.05, 4.69) is 15.1 Å². The maximum atomic E-state index is 11.0. The molecule has 2 aliphatic rings. The van der Waals surface area contributed by atoms with Crippen molar-refractivity contribution in [1.82, 2.24) is 15.2 Å². The number of aromatic nitrogens is 1. The average Bonchev–Trinajstić information content (AvgIpc) is 3.19. The van der Waals surface area contributed by atoms with Crippen molar-refractivity contribution in [3.63, 3.8) is 0 Å². The predicted octanol–water partition coefficient (Wildman–Crippen LogP) is 2.15. The smallest absolute Gasteiger partial charge is 0.335 e. The molecule has 1 unspecified atom stereocenters. The summed E-state index contributed by atoms with van der Waals surface area (Å²) in [5.41, 5.74) is 2.12. The summed E-state index contributed by atoms with van der Waals surface area (Å²) in [6.45, 7) is 6.24. The van der Waals surface area contributed by atoms with Crippen molar-refractivity contribution in [3.05, 3.63) is 35.2 Å². The molecule has 0 amide bonds. The maximum absolute atomic E-state index is 11.0. The molecule has 0 spiro atoms. The van der Waals surface area contributed by atoms with E-state index in [0.717, 1.165) is 62.3 Å². The molecule has 9 heteroatoms. The second kappa shape index (κ2) is 9.11. The number of nitrogens with zero attached hydrogens (tertiary/aromatic N) is 3. The fourth-order valence-corrected chi connectivity index (χ4v) is 4.33. The quantitative estimate of drug-likeness (QED) is 0.732. The molecule has 4 rings (SSSR count). The van der Waals surface area contributed by atoms with Crippen molar-refractivity contribution >= 4 is 39.4 Å². The van der Waals surface area contributed by atoms with Crippen molar-refractivity contribution in [2.75, 3.05) is 50.8 Å². The number of morpholine rings is 1. The fraction of sp³-hybridized carbons (Fsp3) is 0.444. The summed E-state index contributed by atoms with van der Waals surface area (Å²) in [6, 6.07) is 6.88. The highest BCUT2D eigenvalue weighted by Crippen LogP contribution is 2.30. The van der Waals surface area contributed by atoms with Crippen LogP contribution in [0.1, 0.15) is 10.4 Å². The number of carboxylic acid groups (broad SMARTS) is 1. The molecule has 7 nitrogen and oxygen atoms in total. The minimum Gasteiger partial charge on any atom is -0.478 e. The number of ether oxygens (including phenoxy) is 1. The van der Waals surface area contributed by atoms with E-state index < -0.39 is 5.97 Å². The molecule has 0 radical (unpaired) electrons. The van der Waals surface area contributed by atoms with E-state index in [9.17, 15) is 4.79 Å². The number of carboxylic acids is 1. The van der Waals surface area contributed by atoms with Crippen molar-refractivity contribution in [2.24, 2.45) is 0 Å². The molecule has 1 atom stereocenters. The number of carbonyl (C=O) groups is 1. The number of aromatic carboxylic acids is 1. The SMILES string of the molecule is Br.O=C(O)c1ccc(-c2csc(N3CCNCC3N3CCOCC3)n2)cc1. The molecular formula is C18H23BrN4O3S. The number of piperazine rings is 1. The van der Waals surface area contributed by atoms with Crippen LogP contribution in [0.3, 0.4) is 0 Å². The Bertz CT molecular complexity index is 764. The Kier molecular flexibility index (Phi) is 6.83. The Labute approximate surface area is 172 Å². The molecule has 2 saturated heterocycles. The molecule has 2 aromatic rings. The molecular weight excluding hydrogens is 432 g/mol. The third-order valence-electron chi connectivity index (χ3n) is 4.85. The van der Waals surface area contributed by atoms with Gasteiger partial charge in [-0.25, -0.2) is 9.78 Å². The lowest BCUT2D eigenvalue weighted by Crippen LogP contribution is -2.61. The first-order valence-electron chi connectivity index (χ1n) is 8.81. The largest absolute Gasteiger partial charge is 0.478 e. The zero-order valence-electron chi connectivity index (χ0n) is 14.8. The maximum Gasteiger partial charge on any atom is 0.335 e. The number of anilines is 1. The van der Waals surface area contributed by atoms with Gasteiger partial charge in [-0.15, -0.1) is 28.3 Å². The predicted molar refractivity (Wildman–Crippen MR) is 111 cm³/mol. The zero-order valence-corrected chi connectivity index (χ0v) is 17.4. The van der Waals surface area contributed by atoms with E-state index in [1.807, 2.05) is 17.5 Å². The molecule has 146 valence electrons. The first kappa shape index (κ1) is 20.2. The Morgan fingerprint density at radius 2 is 1.96 bits per heavy atom. The molecule has 2 aliphatic heterocycles. The van der Waals surface area contributed by atoms with Gasteiger partial charge in [0.05, 0.1) is 30.6 Å². The van der Waals surface area contributed by atoms with Gasteiger partial charge < -0.3 is 20.1 Å². The van der Waals surface area contributed by atoms with Crippen molar-refractivity contribution < 1.29 is 14.6 Å². The number of thiazole rings is 1. The lowest BCUT2D eigenvalue weighted by molar-refractivity contribution is 0.0136. The van der Waals surface area contributed by atoms with Crippen LogP contribution in [0.2, 0.25) is 0 Å². The first-order valence-corrected chi connectivity index (χ1v) is 9.69. The van der Waals surface area contributed by atoms with E-state index in [1.54, 1.807) is 23.5 Å². The summed E-state index contributed by atoms with van der Waals surface area (Å²) in [7, 11) is 0. The second-order valence-corrected chi connectivity index (χ2v) is 7.26. The number of hydrogen-bond donors (Lipinski definition) is 2. The molecule has 2 fully saturated rings. The van der Waals surface area contributed by atoms with Gasteiger partial charge in [-0.05, 0) is 12.1 Å². The molecule has 1 aromatic carbocycles. The van der Waals surface area contributed by atoms with Gasteiger partial charge in [-0.1, -0.05) is 12.1 Å². The lowest BCUT2D eigenvalue weighted by Gasteiger charge is -2.44. The monoisotopic (exact) mass is 454 g/mol. The van der Waals surface area contributed by atoms with E-state index in [-0.39, 0.29) is 17.0 Å². The minimum atomic E-state index is -0.912. The topological polar surface area (TPSA) is 77.9 Å². The highest BCUT2D eigenvalue weighted by molar-refractivity contribution is 8.93. The highest BCUT2D eigenvalue weighted by Gasteiger charge is 2.30. The lowest BCUT2D eigenvalue weighted by atomic mass is 10.1. The van der Waals surface area contributed by atoms with E-state index >= 15 is 0 Å². The summed E-state index contributed by atoms with van der Waals surface area (Å²) < 4.78 is 5.48. The molecule has 27 heavy (non-hydrogen) atoms. The van der Waals surface area contributed by atoms with Gasteiger partial charge in [-0.3, -0.25) is 4.90 Å². The Balaban J connectivity index is 0.00000210. The van der Waals surface area contributed by atoms with Crippen LogP contribution in [0.25, 0.3) is 11.3 Å². The van der Waals surface area contributed by atoms with Crippen molar-refractivity contribution in [1.29, 1.82) is 0 Å². The van der Waals surface area contributed by atoms with E-state index in [4.69, 9.17) is 14.8 Å². The summed E-state index contributed by atoms with van der Waals surface area (Å²) in [6.07, 6.45) is 0.293. The van der Waals surface area contributed by atoms with E-state index in [0.29, 0.717) is 11.7 Å². The minimum absolute atomic E-state index is 0. The van der Waals surface area contributed by atoms with Crippen LogP contribution in [-0.4, -0.2) is 73.1 Å². The highest BCUT2D eigenvalue weighted by atomic mass is 79.9. The summed E-state index contributed by atoms with van der Waals surface area (Å²) >= 11 is 1.64. The third-order valence-corrected chi connectivity index (χ3v) is 5.73. The van der Waals surface area contributed by atoms with Crippen LogP contribution in [0.15, 0.2) is 29.6 Å². The standard InChI is InChI=1S/C18H22N4O3S.BrH/c23-17(24)14-3-1-13(2-4-14)15-12-26-18(20-15)22-6-5-19-11-16(22)21-7-9-25-10-8-21;/h1-4,12,16,19H,5-11H2,(H,23,24);1H. The van der Waals surface area contributed by atoms with E-state index in [1.165, 1.54) is 0 Å². The van der Waals surface area contributed by atoms with Crippen LogP contribution in [0, 0.1) is 0 Å². The number of hydrogen-bond acceptors (Lipinski definition) is 7. The van der Waals surface area contributed by atoms with Crippen molar-refractivity contribution in [2.45, 2.75) is 6.17 Å². The van der Waals surface area contributed by atoms with Gasteiger partial charge in [0.15, 0.2) is 5.13 Å². The van der Waals surface area contributed by atoms with Crippen LogP contribution >= 0.6 is 28.3 Å². The number of benzene rings is 1. The summed E-state index contributed by atoms with van der Waals surface area (Å²) in [4.78, 5) is 20.7. The fourth-order valence-electron chi connectivity index (χ4n) is 3.43. The van der Waals surface area contributed by atoms with Gasteiger partial charge in [0, 0.05) is 43.7 Å². The molecule has 3 heterocycles. The van der Waals surface area contributed by atoms with Gasteiger partial charge in [-0.2, -0.15) is 0 Å². The van der Waals surface area contributed by atoms with Crippen molar-refractivity contribution in [3.8, 4) is 11.3 Å². The van der Waals surface area contributed by atoms with Gasteiger partial charge in [0.25, 0.3) is 0 Å². The Morgan fingerprint density at radius 1 is 1.22 bits per heavy atom. The molecule has 1 aromatic heterocycles. The van der Waals surface area contributed by atoms with Gasteiger partial charge in [0.2, 0.25) is 0 Å². The number of rotatable bonds is 4. The summed E-state index contributed by atoms with van der Waals surface area (Å²) in [5.74, 6) is -0.912. The normalized spacial score (nSPS) is 20.9. The average molecular weight is 455 g/mol. The number of nitrogens with one attached hydrogen (secondary N) is 1. The zero-order chi connectivity index (χ0) is 17.9. The van der Waals surface area contributed by atoms with Crippen LogP contribution < -0.4 is 10.2 Å². The van der Waals surface area contributed by atoms with Crippen LogP contribution in [-0.2, 0) is 4.74 Å². The molecule has 0 bridgehead atoms. The number of halogens is 1. The Morgan fingerprint density at radius 3 is 2.67 bits per heavy atom. The second-order valence-electron chi connectivity index (χ2n) is 6.42. The summed E-state index contributed by atoms with van der Waals surface area (Å²) in [5, 5.41) is 15.6. The van der Waals surface area contributed by atoms with Crippen LogP contribution in [0.5, 0.6) is 0 Å². The van der Waals surface area contributed by atoms with Gasteiger partial charge >= 0.3 is 5.97 Å². The third kappa shape index (κ3) is 4.49. The van der Waals surface area contributed by atoms with Gasteiger partial charge in [0.1, 0.15) is 0 Å². The molecule has 2 N–H and O–H groups in total. The van der Waals surface area contributed by atoms with Crippen LogP contribution in [0.4, 0.5) is 5.13 Å². The molecule has 0 saturated carbocycles. The Hall–Kier alpha value is -1.52. The molecule has 0 aliphatic carbocycles. The first-order chi connectivity index (χ1) is 12.7.